The van der Waals surface area contributed by atoms with Crippen molar-refractivity contribution < 1.29 is 26.7 Å². The van der Waals surface area contributed by atoms with Crippen molar-refractivity contribution in [3.63, 3.8) is 0 Å². The van der Waals surface area contributed by atoms with Crippen LogP contribution in [0.5, 0.6) is 5.88 Å². The Balaban J connectivity index is 2.76. The standard InChI is InChI=1S/C7H4BrF5N2O/c8-3-1-15-4(2-14-3)16-7(12,13)5(9)6(10)11/h1-2,5-6H. The van der Waals surface area contributed by atoms with Crippen LogP contribution in [0.15, 0.2) is 17.0 Å². The highest BCUT2D eigenvalue weighted by Gasteiger charge is 2.49. The van der Waals surface area contributed by atoms with E-state index < -0.39 is 24.6 Å². The maximum absolute atomic E-state index is 12.7. The van der Waals surface area contributed by atoms with Crippen LogP contribution >= 0.6 is 15.9 Å². The zero-order valence-corrected chi connectivity index (χ0v) is 8.97. The SMILES string of the molecule is FC(F)C(F)C(F)(F)Oc1cnc(Br)cn1. The molecule has 0 fully saturated rings. The van der Waals surface area contributed by atoms with Gasteiger partial charge in [-0.25, -0.2) is 23.1 Å². The number of hydrogen-bond donors (Lipinski definition) is 0. The van der Waals surface area contributed by atoms with E-state index in [9.17, 15) is 22.0 Å². The van der Waals surface area contributed by atoms with Gasteiger partial charge in [0, 0.05) is 0 Å². The Hall–Kier alpha value is -0.990. The molecule has 0 amide bonds. The van der Waals surface area contributed by atoms with Crippen LogP contribution in [0.3, 0.4) is 0 Å². The molecule has 0 aromatic carbocycles. The predicted octanol–water partition coefficient (Wildman–Crippen LogP) is 2.81. The lowest BCUT2D eigenvalue weighted by molar-refractivity contribution is -0.246. The van der Waals surface area contributed by atoms with Gasteiger partial charge in [0.05, 0.1) is 12.4 Å². The summed E-state index contributed by atoms with van der Waals surface area (Å²) < 4.78 is 65.1. The molecule has 1 unspecified atom stereocenters. The largest absolute Gasteiger partial charge is 0.436 e. The van der Waals surface area contributed by atoms with Crippen LogP contribution in [0.25, 0.3) is 0 Å². The average Bonchev–Trinajstić information content (AvgIpc) is 2.20. The van der Waals surface area contributed by atoms with E-state index in [1.807, 2.05) is 0 Å². The van der Waals surface area contributed by atoms with Crippen LogP contribution in [0.1, 0.15) is 0 Å². The zero-order valence-electron chi connectivity index (χ0n) is 7.38. The summed E-state index contributed by atoms with van der Waals surface area (Å²) in [5.41, 5.74) is 0. The Labute approximate surface area is 94.8 Å². The number of hydrogen-bond acceptors (Lipinski definition) is 3. The monoisotopic (exact) mass is 306 g/mol. The molecule has 90 valence electrons. The third-order valence-electron chi connectivity index (χ3n) is 1.38. The summed E-state index contributed by atoms with van der Waals surface area (Å²) >= 11 is 2.87. The third kappa shape index (κ3) is 3.26. The molecule has 0 saturated carbocycles. The van der Waals surface area contributed by atoms with E-state index >= 15 is 0 Å². The molecule has 1 aromatic heterocycles. The second-order valence-corrected chi connectivity index (χ2v) is 3.39. The first kappa shape index (κ1) is 13.1. The number of halogens is 6. The third-order valence-corrected chi connectivity index (χ3v) is 1.79. The summed E-state index contributed by atoms with van der Waals surface area (Å²) in [6.07, 6.45) is -10.5. The van der Waals surface area contributed by atoms with Crippen molar-refractivity contribution in [2.24, 2.45) is 0 Å². The van der Waals surface area contributed by atoms with E-state index in [1.165, 1.54) is 0 Å². The van der Waals surface area contributed by atoms with Crippen LogP contribution in [0.2, 0.25) is 0 Å². The average molecular weight is 307 g/mol. The highest BCUT2D eigenvalue weighted by Crippen LogP contribution is 2.28. The van der Waals surface area contributed by atoms with Crippen molar-refractivity contribution >= 4 is 15.9 Å². The Morgan fingerprint density at radius 2 is 1.81 bits per heavy atom. The molecule has 3 nitrogen and oxygen atoms in total. The van der Waals surface area contributed by atoms with Crippen LogP contribution in [0.4, 0.5) is 22.0 Å². The van der Waals surface area contributed by atoms with Gasteiger partial charge < -0.3 is 4.74 Å². The Morgan fingerprint density at radius 3 is 2.25 bits per heavy atom. The van der Waals surface area contributed by atoms with Crippen LogP contribution in [0, 0.1) is 0 Å². The van der Waals surface area contributed by atoms with Gasteiger partial charge in [0.15, 0.2) is 0 Å². The number of nitrogens with zero attached hydrogens (tertiary/aromatic N) is 2. The molecular formula is C7H4BrF5N2O. The lowest BCUT2D eigenvalue weighted by Gasteiger charge is -2.19. The molecule has 0 bridgehead atoms. The number of ether oxygens (including phenoxy) is 1. The molecule has 1 aromatic rings. The van der Waals surface area contributed by atoms with Crippen LogP contribution < -0.4 is 4.74 Å². The van der Waals surface area contributed by atoms with Gasteiger partial charge in [-0.05, 0) is 15.9 Å². The van der Waals surface area contributed by atoms with Gasteiger partial charge in [-0.15, -0.1) is 0 Å². The lowest BCUT2D eigenvalue weighted by Crippen LogP contribution is -2.41. The molecule has 0 aliphatic heterocycles. The second kappa shape index (κ2) is 4.89. The fourth-order valence-electron chi connectivity index (χ4n) is 0.696. The second-order valence-electron chi connectivity index (χ2n) is 2.58. The molecule has 0 N–H and O–H groups in total. The maximum Gasteiger partial charge on any atom is 0.436 e. The number of aromatic nitrogens is 2. The summed E-state index contributed by atoms with van der Waals surface area (Å²) in [4.78, 5) is 6.74. The van der Waals surface area contributed by atoms with Gasteiger partial charge in [0.25, 0.3) is 12.6 Å². The van der Waals surface area contributed by atoms with Crippen molar-refractivity contribution in [2.45, 2.75) is 18.7 Å². The van der Waals surface area contributed by atoms with Crippen molar-refractivity contribution in [3.05, 3.63) is 17.0 Å². The molecule has 1 heterocycles. The summed E-state index contributed by atoms with van der Waals surface area (Å²) in [6.45, 7) is 0. The van der Waals surface area contributed by atoms with Crippen molar-refractivity contribution in [2.75, 3.05) is 0 Å². The first-order valence-corrected chi connectivity index (χ1v) is 4.59. The highest BCUT2D eigenvalue weighted by atomic mass is 79.9. The lowest BCUT2D eigenvalue weighted by atomic mass is 10.4. The topological polar surface area (TPSA) is 35.0 Å². The molecule has 0 spiro atoms. The van der Waals surface area contributed by atoms with E-state index in [-0.39, 0.29) is 4.60 Å². The van der Waals surface area contributed by atoms with Gasteiger partial charge in [-0.3, -0.25) is 0 Å². The summed E-state index contributed by atoms with van der Waals surface area (Å²) in [5, 5.41) is 0. The molecule has 1 rings (SSSR count). The van der Waals surface area contributed by atoms with Crippen molar-refractivity contribution in [1.29, 1.82) is 0 Å². The Morgan fingerprint density at radius 1 is 1.19 bits per heavy atom. The van der Waals surface area contributed by atoms with E-state index in [4.69, 9.17) is 0 Å². The molecule has 16 heavy (non-hydrogen) atoms. The van der Waals surface area contributed by atoms with Gasteiger partial charge in [0.2, 0.25) is 5.88 Å². The minimum absolute atomic E-state index is 0.230. The predicted molar refractivity (Wildman–Crippen MR) is 46.2 cm³/mol. The zero-order chi connectivity index (χ0) is 12.3. The minimum atomic E-state index is -4.66. The van der Waals surface area contributed by atoms with Gasteiger partial charge in [0.1, 0.15) is 4.60 Å². The van der Waals surface area contributed by atoms with Crippen molar-refractivity contribution in [1.82, 2.24) is 9.97 Å². The molecule has 0 aliphatic rings. The first-order valence-electron chi connectivity index (χ1n) is 3.79. The van der Waals surface area contributed by atoms with Gasteiger partial charge in [-0.2, -0.15) is 8.78 Å². The molecule has 1 atom stereocenters. The normalized spacial score (nSPS) is 13.9. The van der Waals surface area contributed by atoms with E-state index in [2.05, 4.69) is 30.6 Å². The van der Waals surface area contributed by atoms with Crippen molar-refractivity contribution in [3.8, 4) is 5.88 Å². The van der Waals surface area contributed by atoms with E-state index in [0.29, 0.717) is 0 Å². The highest BCUT2D eigenvalue weighted by molar-refractivity contribution is 9.10. The number of rotatable bonds is 4. The fourth-order valence-corrected chi connectivity index (χ4v) is 0.900. The molecular weight excluding hydrogens is 303 g/mol. The summed E-state index contributed by atoms with van der Waals surface area (Å²) in [5.74, 6) is -0.753. The van der Waals surface area contributed by atoms with E-state index in [0.717, 1.165) is 12.4 Å². The fraction of sp³-hybridized carbons (Fsp3) is 0.429. The number of alkyl halides is 5. The van der Waals surface area contributed by atoms with Crippen LogP contribution in [-0.2, 0) is 0 Å². The maximum atomic E-state index is 12.7. The Kier molecular flexibility index (Phi) is 4.00. The van der Waals surface area contributed by atoms with Gasteiger partial charge >= 0.3 is 6.11 Å². The Bertz CT molecular complexity index is 347. The molecule has 0 radical (unpaired) electrons. The smallest absolute Gasteiger partial charge is 0.411 e. The molecule has 0 saturated heterocycles. The summed E-state index contributed by atoms with van der Waals surface area (Å²) in [7, 11) is 0. The quantitative estimate of drug-likeness (QED) is 0.802. The molecule has 0 aliphatic carbocycles. The first-order chi connectivity index (χ1) is 7.33. The van der Waals surface area contributed by atoms with Gasteiger partial charge in [-0.1, -0.05) is 0 Å². The van der Waals surface area contributed by atoms with E-state index in [1.54, 1.807) is 0 Å². The molecule has 9 heteroatoms. The minimum Gasteiger partial charge on any atom is -0.411 e. The van der Waals surface area contributed by atoms with Crippen LogP contribution in [-0.4, -0.2) is 28.7 Å². The summed E-state index contributed by atoms with van der Waals surface area (Å²) in [6, 6.07) is 0.